The fraction of sp³-hybridized carbons (Fsp3) is 0.923. The summed E-state index contributed by atoms with van der Waals surface area (Å²) in [5, 5.41) is 3.01. The number of carbonyl (C=O) groups excluding carboxylic acids is 1. The Morgan fingerprint density at radius 1 is 1.44 bits per heavy atom. The number of carbonyl (C=O) groups is 1. The minimum atomic E-state index is 0.202. The number of hydrogen-bond donors (Lipinski definition) is 1. The fourth-order valence-electron chi connectivity index (χ4n) is 1.99. The van der Waals surface area contributed by atoms with Crippen molar-refractivity contribution in [3.63, 3.8) is 0 Å². The van der Waals surface area contributed by atoms with Crippen LogP contribution in [0.5, 0.6) is 0 Å². The number of amides is 1. The fourth-order valence-corrected chi connectivity index (χ4v) is 1.99. The molecule has 1 amide bonds. The molecule has 0 aromatic rings. The van der Waals surface area contributed by atoms with Crippen molar-refractivity contribution in [1.82, 2.24) is 10.2 Å². The van der Waals surface area contributed by atoms with Gasteiger partial charge in [0.1, 0.15) is 0 Å². The zero-order chi connectivity index (χ0) is 12.0. The van der Waals surface area contributed by atoms with E-state index in [1.165, 1.54) is 12.8 Å². The molecule has 1 unspecified atom stereocenters. The average molecular weight is 226 g/mol. The highest BCUT2D eigenvalue weighted by atomic mass is 16.1. The number of hydrogen-bond acceptors (Lipinski definition) is 2. The van der Waals surface area contributed by atoms with Gasteiger partial charge in [0.15, 0.2) is 0 Å². The van der Waals surface area contributed by atoms with E-state index in [-0.39, 0.29) is 5.91 Å². The topological polar surface area (TPSA) is 32.3 Å². The normalized spacial score (nSPS) is 20.7. The van der Waals surface area contributed by atoms with Gasteiger partial charge in [-0.1, -0.05) is 13.8 Å². The molecule has 0 saturated carbocycles. The van der Waals surface area contributed by atoms with Crippen molar-refractivity contribution >= 4 is 5.91 Å². The van der Waals surface area contributed by atoms with Crippen LogP contribution in [0.25, 0.3) is 0 Å². The highest BCUT2D eigenvalue weighted by molar-refractivity contribution is 5.76. The lowest BCUT2D eigenvalue weighted by Crippen LogP contribution is -2.38. The Labute approximate surface area is 99.6 Å². The van der Waals surface area contributed by atoms with Gasteiger partial charge in [-0.15, -0.1) is 0 Å². The Kier molecular flexibility index (Phi) is 5.81. The standard InChI is InChI=1S/C13H26N2O/c1-4-12(3)14-13(16)7-10-15-8-5-11(2)6-9-15/h11-12H,4-10H2,1-3H3,(H,14,16). The van der Waals surface area contributed by atoms with E-state index in [1.54, 1.807) is 0 Å². The van der Waals surface area contributed by atoms with Crippen LogP contribution in [0.15, 0.2) is 0 Å². The van der Waals surface area contributed by atoms with Crippen molar-refractivity contribution < 1.29 is 4.79 Å². The van der Waals surface area contributed by atoms with Gasteiger partial charge in [-0.3, -0.25) is 4.79 Å². The molecular formula is C13H26N2O. The molecule has 0 spiro atoms. The number of rotatable bonds is 5. The molecule has 0 aliphatic carbocycles. The molecule has 1 saturated heterocycles. The van der Waals surface area contributed by atoms with E-state index in [2.05, 4.69) is 31.0 Å². The molecule has 3 nitrogen and oxygen atoms in total. The Balaban J connectivity index is 2.12. The molecule has 0 aromatic heterocycles. The molecule has 0 radical (unpaired) electrons. The van der Waals surface area contributed by atoms with Crippen LogP contribution in [0.4, 0.5) is 0 Å². The molecule has 1 N–H and O–H groups in total. The van der Waals surface area contributed by atoms with Crippen molar-refractivity contribution in [1.29, 1.82) is 0 Å². The lowest BCUT2D eigenvalue weighted by atomic mass is 9.99. The zero-order valence-corrected chi connectivity index (χ0v) is 11.0. The molecule has 1 atom stereocenters. The van der Waals surface area contributed by atoms with Gasteiger partial charge in [0.25, 0.3) is 0 Å². The smallest absolute Gasteiger partial charge is 0.221 e. The maximum absolute atomic E-state index is 11.6. The Morgan fingerprint density at radius 3 is 2.62 bits per heavy atom. The average Bonchev–Trinajstić information content (AvgIpc) is 2.28. The summed E-state index contributed by atoms with van der Waals surface area (Å²) in [6.45, 7) is 9.72. The van der Waals surface area contributed by atoms with E-state index >= 15 is 0 Å². The lowest BCUT2D eigenvalue weighted by molar-refractivity contribution is -0.122. The second-order valence-corrected chi connectivity index (χ2v) is 5.15. The van der Waals surface area contributed by atoms with Gasteiger partial charge in [0.05, 0.1) is 0 Å². The predicted molar refractivity (Wildman–Crippen MR) is 67.4 cm³/mol. The molecule has 1 aliphatic heterocycles. The van der Waals surface area contributed by atoms with Gasteiger partial charge in [-0.2, -0.15) is 0 Å². The number of nitrogens with one attached hydrogen (secondary N) is 1. The lowest BCUT2D eigenvalue weighted by Gasteiger charge is -2.30. The summed E-state index contributed by atoms with van der Waals surface area (Å²) in [6.07, 6.45) is 4.23. The molecule has 94 valence electrons. The SMILES string of the molecule is CCC(C)NC(=O)CCN1CCC(C)CC1. The van der Waals surface area contributed by atoms with Crippen molar-refractivity contribution in [2.24, 2.45) is 5.92 Å². The maximum atomic E-state index is 11.6. The number of nitrogens with zero attached hydrogens (tertiary/aromatic N) is 1. The molecule has 1 fully saturated rings. The summed E-state index contributed by atoms with van der Waals surface area (Å²) in [6, 6.07) is 0.314. The third-order valence-corrected chi connectivity index (χ3v) is 3.55. The van der Waals surface area contributed by atoms with Gasteiger partial charge in [0, 0.05) is 19.0 Å². The quantitative estimate of drug-likeness (QED) is 0.778. The van der Waals surface area contributed by atoms with Gasteiger partial charge in [-0.25, -0.2) is 0 Å². The predicted octanol–water partition coefficient (Wildman–Crippen LogP) is 2.02. The largest absolute Gasteiger partial charge is 0.354 e. The Bertz CT molecular complexity index is 210. The Hall–Kier alpha value is -0.570. The molecule has 0 aromatic carbocycles. The van der Waals surface area contributed by atoms with Crippen LogP contribution in [0, 0.1) is 5.92 Å². The Morgan fingerprint density at radius 2 is 2.06 bits per heavy atom. The second-order valence-electron chi connectivity index (χ2n) is 5.15. The number of likely N-dealkylation sites (tertiary alicyclic amines) is 1. The molecule has 16 heavy (non-hydrogen) atoms. The second kappa shape index (κ2) is 6.89. The van der Waals surface area contributed by atoms with Crippen LogP contribution in [0.3, 0.4) is 0 Å². The third kappa shape index (κ3) is 4.97. The minimum Gasteiger partial charge on any atom is -0.354 e. The maximum Gasteiger partial charge on any atom is 0.221 e. The third-order valence-electron chi connectivity index (χ3n) is 3.55. The first-order chi connectivity index (χ1) is 7.61. The van der Waals surface area contributed by atoms with E-state index in [4.69, 9.17) is 0 Å². The summed E-state index contributed by atoms with van der Waals surface area (Å²) in [5.41, 5.74) is 0. The van der Waals surface area contributed by atoms with Gasteiger partial charge < -0.3 is 10.2 Å². The summed E-state index contributed by atoms with van der Waals surface area (Å²) in [7, 11) is 0. The highest BCUT2D eigenvalue weighted by Crippen LogP contribution is 2.15. The van der Waals surface area contributed by atoms with Gasteiger partial charge >= 0.3 is 0 Å². The molecule has 0 bridgehead atoms. The number of piperidine rings is 1. The van der Waals surface area contributed by atoms with Crippen molar-refractivity contribution in [3.8, 4) is 0 Å². The molecular weight excluding hydrogens is 200 g/mol. The van der Waals surface area contributed by atoms with Crippen LogP contribution in [-0.4, -0.2) is 36.5 Å². The van der Waals surface area contributed by atoms with Crippen LogP contribution in [-0.2, 0) is 4.79 Å². The monoisotopic (exact) mass is 226 g/mol. The molecule has 3 heteroatoms. The van der Waals surface area contributed by atoms with Crippen LogP contribution < -0.4 is 5.32 Å². The van der Waals surface area contributed by atoms with Crippen molar-refractivity contribution in [2.45, 2.75) is 52.5 Å². The molecule has 1 aliphatic rings. The minimum absolute atomic E-state index is 0.202. The zero-order valence-electron chi connectivity index (χ0n) is 11.0. The first-order valence-corrected chi connectivity index (χ1v) is 6.63. The van der Waals surface area contributed by atoms with E-state index in [0.29, 0.717) is 12.5 Å². The van der Waals surface area contributed by atoms with E-state index < -0.39 is 0 Å². The van der Waals surface area contributed by atoms with Crippen LogP contribution >= 0.6 is 0 Å². The first-order valence-electron chi connectivity index (χ1n) is 6.63. The summed E-state index contributed by atoms with van der Waals surface area (Å²) >= 11 is 0. The van der Waals surface area contributed by atoms with Gasteiger partial charge in [0.2, 0.25) is 5.91 Å². The first kappa shape index (κ1) is 13.5. The van der Waals surface area contributed by atoms with Crippen molar-refractivity contribution in [3.05, 3.63) is 0 Å². The highest BCUT2D eigenvalue weighted by Gasteiger charge is 2.16. The van der Waals surface area contributed by atoms with Crippen LogP contribution in [0.1, 0.15) is 46.5 Å². The van der Waals surface area contributed by atoms with E-state index in [1.807, 2.05) is 0 Å². The van der Waals surface area contributed by atoms with Gasteiger partial charge in [-0.05, 0) is 45.2 Å². The summed E-state index contributed by atoms with van der Waals surface area (Å²) in [5.74, 6) is 1.07. The van der Waals surface area contributed by atoms with E-state index in [9.17, 15) is 4.79 Å². The summed E-state index contributed by atoms with van der Waals surface area (Å²) in [4.78, 5) is 14.0. The van der Waals surface area contributed by atoms with Crippen molar-refractivity contribution in [2.75, 3.05) is 19.6 Å². The summed E-state index contributed by atoms with van der Waals surface area (Å²) < 4.78 is 0. The van der Waals surface area contributed by atoms with Crippen LogP contribution in [0.2, 0.25) is 0 Å². The molecule has 1 rings (SSSR count). The molecule has 1 heterocycles. The van der Waals surface area contributed by atoms with E-state index in [0.717, 1.165) is 32.0 Å².